The third kappa shape index (κ3) is 10.5. The van der Waals surface area contributed by atoms with Crippen LogP contribution < -0.4 is 91.2 Å². The molecule has 0 aromatic heterocycles. The van der Waals surface area contributed by atoms with E-state index in [4.69, 9.17) is 19.8 Å². The van der Waals surface area contributed by atoms with Crippen molar-refractivity contribution in [3.63, 3.8) is 0 Å². The first kappa shape index (κ1) is 16.3. The molecule has 0 spiro atoms. The molecule has 0 fully saturated rings. The zero-order valence-corrected chi connectivity index (χ0v) is 9.76. The summed E-state index contributed by atoms with van der Waals surface area (Å²) in [5.41, 5.74) is 0. The Kier molecular flexibility index (Phi) is 17.5. The molecule has 0 amide bonds. The van der Waals surface area contributed by atoms with E-state index >= 15 is 0 Å². The van der Waals surface area contributed by atoms with Gasteiger partial charge in [0, 0.05) is 0 Å². The van der Waals surface area contributed by atoms with E-state index in [0.717, 1.165) is 0 Å². The smallest absolute Gasteiger partial charge is 0.543 e. The molecule has 0 N–H and O–H groups in total. The van der Waals surface area contributed by atoms with Crippen molar-refractivity contribution < 1.29 is 101 Å². The molecule has 0 rings (SSSR count). The summed E-state index contributed by atoms with van der Waals surface area (Å²) >= 11 is 0. The van der Waals surface area contributed by atoms with E-state index in [1.807, 2.05) is 0 Å². The maximum Gasteiger partial charge on any atom is 1.00 e. The average Bonchev–Trinajstić information content (AvgIpc) is 1.36. The van der Waals surface area contributed by atoms with Gasteiger partial charge in [0.25, 0.3) is 0 Å². The average molecular weight is 150 g/mol. The van der Waals surface area contributed by atoms with Crippen molar-refractivity contribution in [3.05, 3.63) is 0 Å². The van der Waals surface area contributed by atoms with Gasteiger partial charge in [0.2, 0.25) is 0 Å². The molecule has 4 nitrogen and oxygen atoms in total. The van der Waals surface area contributed by atoms with Gasteiger partial charge in [-0.1, -0.05) is 0 Å². The normalized spacial score (nSPS) is 5.50. The van der Waals surface area contributed by atoms with Crippen LogP contribution in [0.25, 0.3) is 0 Å². The van der Waals surface area contributed by atoms with Crippen molar-refractivity contribution in [3.8, 4) is 0 Å². The molecule has 34 valence electrons. The predicted octanol–water partition coefficient (Wildman–Crippen LogP) is -9.51. The van der Waals surface area contributed by atoms with Gasteiger partial charge >= 0.3 is 80.9 Å². The van der Waals surface area contributed by atoms with Crippen LogP contribution in [0.1, 0.15) is 0 Å². The zero-order chi connectivity index (χ0) is 5.15. The minimum Gasteiger partial charge on any atom is -0.543 e. The van der Waals surface area contributed by atoms with Gasteiger partial charge in [-0.15, -0.1) is 0 Å². The summed E-state index contributed by atoms with van der Waals surface area (Å²) in [5.74, 6) is -4.37. The van der Waals surface area contributed by atoms with Crippen molar-refractivity contribution in [2.75, 3.05) is 0 Å². The molecule has 0 aliphatic heterocycles. The summed E-state index contributed by atoms with van der Waals surface area (Å²) in [4.78, 5) is 17.9. The number of carbonyl (C=O) groups is 2. The number of rotatable bonds is 0. The van der Waals surface area contributed by atoms with Crippen molar-refractivity contribution in [1.82, 2.24) is 0 Å². The zero-order valence-electron chi connectivity index (χ0n) is 4.63. The molecule has 0 aromatic rings. The van der Waals surface area contributed by atoms with Gasteiger partial charge in [0.15, 0.2) is 0 Å². The summed E-state index contributed by atoms with van der Waals surface area (Å²) in [6.07, 6.45) is 0. The maximum absolute atomic E-state index is 8.93. The van der Waals surface area contributed by atoms with E-state index in [9.17, 15) is 0 Å². The van der Waals surface area contributed by atoms with E-state index in [1.165, 1.54) is 0 Å². The molecule has 0 radical (unpaired) electrons. The summed E-state index contributed by atoms with van der Waals surface area (Å²) in [5, 5.41) is 17.9. The minimum absolute atomic E-state index is 0. The molecule has 0 aromatic carbocycles. The van der Waals surface area contributed by atoms with Crippen LogP contribution in [0.3, 0.4) is 0 Å². The first-order valence-electron chi connectivity index (χ1n) is 1.07. The van der Waals surface area contributed by atoms with E-state index in [2.05, 4.69) is 0 Å². The van der Waals surface area contributed by atoms with E-state index in [-0.39, 0.29) is 80.9 Å². The molecular weight excluding hydrogens is 150 g/mol. The molecule has 0 bridgehead atoms. The molecule has 8 heavy (non-hydrogen) atoms. The second kappa shape index (κ2) is 8.58. The van der Waals surface area contributed by atoms with E-state index < -0.39 is 11.9 Å². The Balaban J connectivity index is -0.000000125. The third-order valence-electron chi connectivity index (χ3n) is 0.167. The van der Waals surface area contributed by atoms with Gasteiger partial charge in [0.1, 0.15) is 0 Å². The molecule has 0 atom stereocenters. The Morgan fingerprint density at radius 1 is 1.00 bits per heavy atom. The van der Waals surface area contributed by atoms with Crippen LogP contribution in [0, 0.1) is 0 Å². The van der Waals surface area contributed by atoms with Crippen LogP contribution in [0.2, 0.25) is 0 Å². The summed E-state index contributed by atoms with van der Waals surface area (Å²) in [7, 11) is 0. The van der Waals surface area contributed by atoms with E-state index in [0.29, 0.717) is 0 Å². The second-order valence-electron chi connectivity index (χ2n) is 0.575. The van der Waals surface area contributed by atoms with Gasteiger partial charge in [0.05, 0.1) is 11.9 Å². The monoisotopic (exact) mass is 150 g/mol. The molecule has 6 heteroatoms. The Bertz CT molecular complexity index is 80.0. The maximum atomic E-state index is 8.93. The number of hydrogen-bond donors (Lipinski definition) is 0. The van der Waals surface area contributed by atoms with Crippen LogP contribution in [-0.4, -0.2) is 11.9 Å². The van der Waals surface area contributed by atoms with Gasteiger partial charge in [-0.3, -0.25) is 0 Å². The standard InChI is InChI=1S/C2H2O4.K.Na/c3-1(4)2(5)6;;/h(H,3,4)(H,5,6);;/q;2*+1/p-2. The summed E-state index contributed by atoms with van der Waals surface area (Å²) in [6.45, 7) is 0. The number of carboxylic acid groups (broad SMARTS) is 2. The van der Waals surface area contributed by atoms with Crippen LogP contribution in [0.5, 0.6) is 0 Å². The third-order valence-corrected chi connectivity index (χ3v) is 0.167. The Labute approximate surface area is 110 Å². The molecule has 0 saturated heterocycles. The fourth-order valence-electron chi connectivity index (χ4n) is 0. The first-order valence-corrected chi connectivity index (χ1v) is 1.07. The van der Waals surface area contributed by atoms with Gasteiger partial charge < -0.3 is 19.8 Å². The second-order valence-corrected chi connectivity index (χ2v) is 0.575. The van der Waals surface area contributed by atoms with Gasteiger partial charge in [-0.05, 0) is 0 Å². The minimum atomic E-state index is -2.19. The number of hydrogen-bond acceptors (Lipinski definition) is 4. The SMILES string of the molecule is O=C([O-])C(=O)[O-].[K+].[Na+]. The van der Waals surface area contributed by atoms with E-state index in [1.54, 1.807) is 0 Å². The topological polar surface area (TPSA) is 80.3 Å². The number of carboxylic acids is 2. The molecule has 0 heterocycles. The Morgan fingerprint density at radius 2 is 1.12 bits per heavy atom. The van der Waals surface area contributed by atoms with Crippen molar-refractivity contribution in [2.24, 2.45) is 0 Å². The van der Waals surface area contributed by atoms with Crippen LogP contribution in [0.15, 0.2) is 0 Å². The summed E-state index contributed by atoms with van der Waals surface area (Å²) < 4.78 is 0. The predicted molar refractivity (Wildman–Crippen MR) is 10.0 cm³/mol. The van der Waals surface area contributed by atoms with Crippen molar-refractivity contribution in [1.29, 1.82) is 0 Å². The quantitative estimate of drug-likeness (QED) is 0.253. The largest absolute Gasteiger partial charge is 1.00 e. The first-order chi connectivity index (χ1) is 2.64. The summed E-state index contributed by atoms with van der Waals surface area (Å²) in [6, 6.07) is 0. The molecule has 0 saturated carbocycles. The number of aliphatic carboxylic acids is 2. The molecule has 0 aliphatic carbocycles. The van der Waals surface area contributed by atoms with Crippen molar-refractivity contribution in [2.45, 2.75) is 0 Å². The van der Waals surface area contributed by atoms with Crippen LogP contribution >= 0.6 is 0 Å². The van der Waals surface area contributed by atoms with Crippen LogP contribution in [-0.2, 0) is 9.59 Å². The van der Waals surface area contributed by atoms with Gasteiger partial charge in [-0.2, -0.15) is 0 Å². The van der Waals surface area contributed by atoms with Gasteiger partial charge in [-0.25, -0.2) is 0 Å². The fourth-order valence-corrected chi connectivity index (χ4v) is 0. The fraction of sp³-hybridized carbons (Fsp3) is 0. The molecule has 0 aliphatic rings. The van der Waals surface area contributed by atoms with Crippen molar-refractivity contribution >= 4 is 11.9 Å². The molecule has 0 unspecified atom stereocenters. The molecular formula is C2KNaO4. The Hall–Kier alpha value is 1.58. The number of carbonyl (C=O) groups excluding carboxylic acids is 2. The Morgan fingerprint density at radius 3 is 1.12 bits per heavy atom. The van der Waals surface area contributed by atoms with Crippen LogP contribution in [0.4, 0.5) is 0 Å².